The molecule has 0 unspecified atom stereocenters. The quantitative estimate of drug-likeness (QED) is 0.105. The van der Waals surface area contributed by atoms with Crippen molar-refractivity contribution < 1.29 is 70.5 Å². The Labute approximate surface area is 175 Å². The average Bonchev–Trinajstić information content (AvgIpc) is 2.80. The van der Waals surface area contributed by atoms with Gasteiger partial charge < -0.3 is 70.5 Å². The molecular formula is C15H37O14P. The van der Waals surface area contributed by atoms with Crippen molar-refractivity contribution in [3.63, 3.8) is 0 Å². The standard InChI is InChI=1S/C5H13O6P.2C5H12O4/c6-1-5(2-7,3-8)4-11-12(9)10;2*6-1-5(2-7,3-8)4-9/h6-10H,1-4H2;2*6-9H,1-4H2. The predicted octanol–water partition coefficient (Wildman–Crippen LogP) is -5.94. The van der Waals surface area contributed by atoms with E-state index in [2.05, 4.69) is 4.52 Å². The van der Waals surface area contributed by atoms with Crippen LogP contribution in [0.3, 0.4) is 0 Å². The van der Waals surface area contributed by atoms with E-state index in [-0.39, 0.29) is 6.61 Å². The lowest BCUT2D eigenvalue weighted by Gasteiger charge is -2.26. The van der Waals surface area contributed by atoms with E-state index in [4.69, 9.17) is 66.0 Å². The molecule has 0 aromatic rings. The highest BCUT2D eigenvalue weighted by Crippen LogP contribution is 2.28. The molecule has 0 radical (unpaired) electrons. The molecule has 0 aromatic heterocycles. The van der Waals surface area contributed by atoms with Crippen molar-refractivity contribution in [2.24, 2.45) is 16.2 Å². The van der Waals surface area contributed by atoms with E-state index >= 15 is 0 Å². The molecule has 0 saturated heterocycles. The Morgan fingerprint density at radius 1 is 0.400 bits per heavy atom. The Kier molecular flexibility index (Phi) is 22.5. The van der Waals surface area contributed by atoms with Crippen LogP contribution in [0.1, 0.15) is 0 Å². The molecule has 0 rings (SSSR count). The van der Waals surface area contributed by atoms with Crippen molar-refractivity contribution in [3.05, 3.63) is 0 Å². The van der Waals surface area contributed by atoms with Gasteiger partial charge in [-0.3, -0.25) is 0 Å². The third-order valence-corrected chi connectivity index (χ3v) is 4.54. The van der Waals surface area contributed by atoms with Gasteiger partial charge in [-0.25, -0.2) is 0 Å². The molecule has 0 aliphatic rings. The summed E-state index contributed by atoms with van der Waals surface area (Å²) in [6.45, 7) is -5.00. The molecule has 0 aliphatic carbocycles. The van der Waals surface area contributed by atoms with E-state index in [0.29, 0.717) is 0 Å². The minimum absolute atomic E-state index is 0.296. The molecule has 0 bridgehead atoms. The van der Waals surface area contributed by atoms with Gasteiger partial charge in [0.1, 0.15) is 0 Å². The minimum Gasteiger partial charge on any atom is -0.396 e. The van der Waals surface area contributed by atoms with Gasteiger partial charge in [-0.15, -0.1) is 0 Å². The zero-order valence-corrected chi connectivity index (χ0v) is 17.5. The van der Waals surface area contributed by atoms with Crippen LogP contribution in [0.5, 0.6) is 0 Å². The van der Waals surface area contributed by atoms with Gasteiger partial charge in [0.2, 0.25) is 0 Å². The van der Waals surface area contributed by atoms with Crippen LogP contribution in [0.2, 0.25) is 0 Å². The first-order valence-corrected chi connectivity index (χ1v) is 9.76. The fourth-order valence-electron chi connectivity index (χ4n) is 1.08. The highest BCUT2D eigenvalue weighted by atomic mass is 31.2. The molecule has 0 amide bonds. The summed E-state index contributed by atoms with van der Waals surface area (Å²) in [7, 11) is -2.52. The topological polar surface area (TPSA) is 272 Å². The molecule has 14 nitrogen and oxygen atoms in total. The molecular weight excluding hydrogens is 435 g/mol. The van der Waals surface area contributed by atoms with Gasteiger partial charge in [0.25, 0.3) is 0 Å². The zero-order chi connectivity index (χ0) is 24.3. The second-order valence-electron chi connectivity index (χ2n) is 6.77. The monoisotopic (exact) mass is 472 g/mol. The van der Waals surface area contributed by atoms with Crippen LogP contribution in [-0.2, 0) is 4.52 Å². The van der Waals surface area contributed by atoms with Crippen molar-refractivity contribution in [1.82, 2.24) is 0 Å². The van der Waals surface area contributed by atoms with Crippen molar-refractivity contribution >= 4 is 8.60 Å². The Morgan fingerprint density at radius 3 is 0.700 bits per heavy atom. The van der Waals surface area contributed by atoms with Gasteiger partial charge in [0.05, 0.1) is 95.5 Å². The van der Waals surface area contributed by atoms with Crippen molar-refractivity contribution in [2.45, 2.75) is 0 Å². The van der Waals surface area contributed by atoms with Crippen molar-refractivity contribution in [1.29, 1.82) is 0 Å². The summed E-state index contributed by atoms with van der Waals surface area (Å²) >= 11 is 0. The molecule has 0 spiro atoms. The van der Waals surface area contributed by atoms with Crippen molar-refractivity contribution in [2.75, 3.05) is 79.3 Å². The van der Waals surface area contributed by atoms with Crippen LogP contribution >= 0.6 is 8.60 Å². The number of aliphatic hydroxyl groups excluding tert-OH is 11. The van der Waals surface area contributed by atoms with Crippen LogP contribution < -0.4 is 0 Å². The lowest BCUT2D eigenvalue weighted by molar-refractivity contribution is -0.0332. The first kappa shape index (κ1) is 34.5. The highest BCUT2D eigenvalue weighted by Gasteiger charge is 2.29. The number of hydrogen-bond acceptors (Lipinski definition) is 14. The first-order valence-electron chi connectivity index (χ1n) is 8.59. The zero-order valence-electron chi connectivity index (χ0n) is 16.7. The molecule has 0 fully saturated rings. The Morgan fingerprint density at radius 2 is 0.600 bits per heavy atom. The molecule has 186 valence electrons. The number of aliphatic hydroxyl groups is 11. The minimum atomic E-state index is -2.52. The fourth-order valence-corrected chi connectivity index (χ4v) is 1.47. The van der Waals surface area contributed by atoms with Crippen LogP contribution in [-0.4, -0.2) is 145 Å². The normalized spacial score (nSPS) is 12.2. The molecule has 0 heterocycles. The number of hydrogen-bond donors (Lipinski definition) is 13. The Balaban J connectivity index is -0.000000371. The van der Waals surface area contributed by atoms with Gasteiger partial charge >= 0.3 is 8.60 Å². The van der Waals surface area contributed by atoms with Crippen LogP contribution in [0.4, 0.5) is 0 Å². The second-order valence-corrected chi connectivity index (χ2v) is 7.53. The van der Waals surface area contributed by atoms with Gasteiger partial charge in [-0.05, 0) is 0 Å². The molecule has 0 saturated carbocycles. The summed E-state index contributed by atoms with van der Waals surface area (Å²) in [5, 5.41) is 94.2. The predicted molar refractivity (Wildman–Crippen MR) is 103 cm³/mol. The lowest BCUT2D eigenvalue weighted by atomic mass is 9.93. The first-order chi connectivity index (χ1) is 14.1. The largest absolute Gasteiger partial charge is 0.396 e. The molecule has 30 heavy (non-hydrogen) atoms. The van der Waals surface area contributed by atoms with Gasteiger partial charge in [0, 0.05) is 0 Å². The van der Waals surface area contributed by atoms with Gasteiger partial charge in [0.15, 0.2) is 0 Å². The maximum atomic E-state index is 8.73. The Bertz CT molecular complexity index is 298. The highest BCUT2D eigenvalue weighted by molar-refractivity contribution is 7.39. The maximum absolute atomic E-state index is 8.73. The third kappa shape index (κ3) is 13.3. The van der Waals surface area contributed by atoms with Gasteiger partial charge in [-0.2, -0.15) is 0 Å². The lowest BCUT2D eigenvalue weighted by Crippen LogP contribution is -2.38. The molecule has 15 heteroatoms. The van der Waals surface area contributed by atoms with E-state index in [1.807, 2.05) is 0 Å². The van der Waals surface area contributed by atoms with Crippen LogP contribution in [0.25, 0.3) is 0 Å². The van der Waals surface area contributed by atoms with Crippen LogP contribution in [0.15, 0.2) is 0 Å². The summed E-state index contributed by atoms with van der Waals surface area (Å²) in [4.78, 5) is 16.7. The molecule has 13 N–H and O–H groups in total. The number of rotatable bonds is 14. The van der Waals surface area contributed by atoms with E-state index in [1.54, 1.807) is 0 Å². The van der Waals surface area contributed by atoms with E-state index < -0.39 is 97.5 Å². The van der Waals surface area contributed by atoms with Crippen molar-refractivity contribution in [3.8, 4) is 0 Å². The third-order valence-electron chi connectivity index (χ3n) is 4.18. The SMILES string of the molecule is OCC(CO)(CO)CO.OCC(CO)(CO)CO.OCC(CO)(CO)COP(O)O. The summed E-state index contributed by atoms with van der Waals surface area (Å²) in [5.41, 5.74) is -3.42. The average molecular weight is 472 g/mol. The summed E-state index contributed by atoms with van der Waals surface area (Å²) in [5.74, 6) is 0. The fraction of sp³-hybridized carbons (Fsp3) is 1.00. The van der Waals surface area contributed by atoms with E-state index in [9.17, 15) is 0 Å². The molecule has 0 aromatic carbocycles. The second kappa shape index (κ2) is 19.5. The molecule has 0 atom stereocenters. The molecule has 0 aliphatic heterocycles. The maximum Gasteiger partial charge on any atom is 0.327 e. The smallest absolute Gasteiger partial charge is 0.327 e. The summed E-state index contributed by atoms with van der Waals surface area (Å²) in [6, 6.07) is 0. The summed E-state index contributed by atoms with van der Waals surface area (Å²) in [6.07, 6.45) is 0. The van der Waals surface area contributed by atoms with Gasteiger partial charge in [-0.1, -0.05) is 0 Å². The van der Waals surface area contributed by atoms with E-state index in [1.165, 1.54) is 0 Å². The van der Waals surface area contributed by atoms with E-state index in [0.717, 1.165) is 0 Å². The van der Waals surface area contributed by atoms with Crippen LogP contribution in [0, 0.1) is 16.2 Å². The Hall–Kier alpha value is -0.130. The summed E-state index contributed by atoms with van der Waals surface area (Å²) < 4.78 is 4.38.